The molecule has 100 valence electrons. The first kappa shape index (κ1) is 13.6. The zero-order valence-corrected chi connectivity index (χ0v) is 12.1. The zero-order valence-electron chi connectivity index (χ0n) is 12.1. The van der Waals surface area contributed by atoms with Gasteiger partial charge in [-0.2, -0.15) is 0 Å². The standard InChI is InChI=1S/C17H26O/c1-12(2)15-7-9-16(10-8-15)17(18)11-13(3)5-6-14(17)4/h7-10,12-14,18H,5-6,11H2,1-4H3. The van der Waals surface area contributed by atoms with Crippen LogP contribution >= 0.6 is 0 Å². The summed E-state index contributed by atoms with van der Waals surface area (Å²) in [6.07, 6.45) is 3.27. The zero-order chi connectivity index (χ0) is 13.3. The third-order valence-electron chi connectivity index (χ3n) is 4.64. The Labute approximate surface area is 111 Å². The lowest BCUT2D eigenvalue weighted by atomic mass is 9.69. The van der Waals surface area contributed by atoms with Crippen LogP contribution in [0.25, 0.3) is 0 Å². The Bertz CT molecular complexity index is 393. The van der Waals surface area contributed by atoms with E-state index < -0.39 is 5.60 Å². The van der Waals surface area contributed by atoms with Crippen molar-refractivity contribution in [3.05, 3.63) is 35.4 Å². The minimum atomic E-state index is -0.618. The fourth-order valence-electron chi connectivity index (χ4n) is 3.17. The van der Waals surface area contributed by atoms with Gasteiger partial charge in [-0.1, -0.05) is 58.4 Å². The first-order valence-corrected chi connectivity index (χ1v) is 7.26. The predicted molar refractivity (Wildman–Crippen MR) is 76.6 cm³/mol. The van der Waals surface area contributed by atoms with Crippen LogP contribution in [-0.2, 0) is 5.60 Å². The van der Waals surface area contributed by atoms with Gasteiger partial charge in [-0.25, -0.2) is 0 Å². The van der Waals surface area contributed by atoms with E-state index in [2.05, 4.69) is 52.0 Å². The third kappa shape index (κ3) is 2.47. The van der Waals surface area contributed by atoms with Gasteiger partial charge in [0.2, 0.25) is 0 Å². The summed E-state index contributed by atoms with van der Waals surface area (Å²) in [7, 11) is 0. The van der Waals surface area contributed by atoms with Crippen molar-refractivity contribution >= 4 is 0 Å². The van der Waals surface area contributed by atoms with E-state index in [0.717, 1.165) is 18.4 Å². The van der Waals surface area contributed by atoms with Crippen molar-refractivity contribution in [1.29, 1.82) is 0 Å². The quantitative estimate of drug-likeness (QED) is 0.817. The minimum Gasteiger partial charge on any atom is -0.385 e. The highest BCUT2D eigenvalue weighted by molar-refractivity contribution is 5.29. The number of aliphatic hydroxyl groups is 1. The van der Waals surface area contributed by atoms with Crippen LogP contribution in [0.2, 0.25) is 0 Å². The van der Waals surface area contributed by atoms with Gasteiger partial charge in [0.25, 0.3) is 0 Å². The largest absolute Gasteiger partial charge is 0.385 e. The van der Waals surface area contributed by atoms with E-state index in [4.69, 9.17) is 0 Å². The first-order chi connectivity index (χ1) is 8.43. The summed E-state index contributed by atoms with van der Waals surface area (Å²) in [4.78, 5) is 0. The highest BCUT2D eigenvalue weighted by Crippen LogP contribution is 2.43. The maximum atomic E-state index is 11.0. The number of hydrogen-bond donors (Lipinski definition) is 1. The Morgan fingerprint density at radius 2 is 1.72 bits per heavy atom. The summed E-state index contributed by atoms with van der Waals surface area (Å²) in [5.41, 5.74) is 1.83. The van der Waals surface area contributed by atoms with Crippen molar-refractivity contribution in [2.24, 2.45) is 11.8 Å². The molecule has 1 aromatic carbocycles. The van der Waals surface area contributed by atoms with Crippen LogP contribution in [0.4, 0.5) is 0 Å². The molecule has 1 heteroatoms. The van der Waals surface area contributed by atoms with Crippen LogP contribution < -0.4 is 0 Å². The van der Waals surface area contributed by atoms with E-state index in [1.54, 1.807) is 0 Å². The molecule has 1 fully saturated rings. The molecule has 1 aliphatic carbocycles. The monoisotopic (exact) mass is 246 g/mol. The Kier molecular flexibility index (Phi) is 3.82. The van der Waals surface area contributed by atoms with Gasteiger partial charge in [0.15, 0.2) is 0 Å². The highest BCUT2D eigenvalue weighted by atomic mass is 16.3. The van der Waals surface area contributed by atoms with Gasteiger partial charge in [-0.15, -0.1) is 0 Å². The lowest BCUT2D eigenvalue weighted by molar-refractivity contribution is -0.0627. The van der Waals surface area contributed by atoms with Crippen LogP contribution in [0.15, 0.2) is 24.3 Å². The molecular formula is C17H26O. The molecule has 1 aliphatic rings. The van der Waals surface area contributed by atoms with Crippen molar-refractivity contribution in [3.63, 3.8) is 0 Å². The molecule has 0 radical (unpaired) electrons. The Morgan fingerprint density at radius 3 is 2.28 bits per heavy atom. The number of benzene rings is 1. The molecule has 2 rings (SSSR count). The van der Waals surface area contributed by atoms with E-state index in [-0.39, 0.29) is 0 Å². The summed E-state index contributed by atoms with van der Waals surface area (Å²) in [5.74, 6) is 1.53. The van der Waals surface area contributed by atoms with Crippen LogP contribution in [0.5, 0.6) is 0 Å². The average molecular weight is 246 g/mol. The summed E-state index contributed by atoms with van der Waals surface area (Å²) >= 11 is 0. The fourth-order valence-corrected chi connectivity index (χ4v) is 3.17. The van der Waals surface area contributed by atoms with E-state index in [0.29, 0.717) is 17.8 Å². The van der Waals surface area contributed by atoms with E-state index in [1.807, 2.05) is 0 Å². The molecule has 0 aliphatic heterocycles. The van der Waals surface area contributed by atoms with Crippen molar-refractivity contribution in [2.45, 2.75) is 58.5 Å². The molecule has 0 saturated heterocycles. The second-order valence-corrected chi connectivity index (χ2v) is 6.49. The van der Waals surface area contributed by atoms with Crippen molar-refractivity contribution < 1.29 is 5.11 Å². The van der Waals surface area contributed by atoms with Gasteiger partial charge >= 0.3 is 0 Å². The van der Waals surface area contributed by atoms with Crippen molar-refractivity contribution in [2.75, 3.05) is 0 Å². The molecule has 0 aromatic heterocycles. The highest BCUT2D eigenvalue weighted by Gasteiger charge is 2.40. The van der Waals surface area contributed by atoms with Gasteiger partial charge in [0.1, 0.15) is 0 Å². The van der Waals surface area contributed by atoms with Gasteiger partial charge in [0, 0.05) is 0 Å². The second kappa shape index (κ2) is 5.05. The smallest absolute Gasteiger partial charge is 0.0924 e. The van der Waals surface area contributed by atoms with E-state index >= 15 is 0 Å². The van der Waals surface area contributed by atoms with Crippen LogP contribution in [-0.4, -0.2) is 5.11 Å². The maximum absolute atomic E-state index is 11.0. The molecule has 18 heavy (non-hydrogen) atoms. The van der Waals surface area contributed by atoms with Gasteiger partial charge in [0.05, 0.1) is 5.60 Å². The fraction of sp³-hybridized carbons (Fsp3) is 0.647. The molecule has 1 N–H and O–H groups in total. The Balaban J connectivity index is 2.28. The summed E-state index contributed by atoms with van der Waals surface area (Å²) in [6, 6.07) is 8.60. The van der Waals surface area contributed by atoms with E-state index in [1.165, 1.54) is 12.0 Å². The number of rotatable bonds is 2. The van der Waals surface area contributed by atoms with Crippen LogP contribution in [0, 0.1) is 11.8 Å². The molecular weight excluding hydrogens is 220 g/mol. The molecule has 0 bridgehead atoms. The van der Waals surface area contributed by atoms with Gasteiger partial charge in [-0.05, 0) is 41.7 Å². The van der Waals surface area contributed by atoms with E-state index in [9.17, 15) is 5.11 Å². The molecule has 0 spiro atoms. The maximum Gasteiger partial charge on any atom is 0.0924 e. The predicted octanol–water partition coefficient (Wildman–Crippen LogP) is 4.45. The summed E-state index contributed by atoms with van der Waals surface area (Å²) < 4.78 is 0. The molecule has 1 saturated carbocycles. The van der Waals surface area contributed by atoms with Crippen molar-refractivity contribution in [1.82, 2.24) is 0 Å². The minimum absolute atomic E-state index is 0.360. The molecule has 0 heterocycles. The molecule has 0 amide bonds. The Hall–Kier alpha value is -0.820. The molecule has 1 aromatic rings. The van der Waals surface area contributed by atoms with Crippen LogP contribution in [0.1, 0.15) is 64.0 Å². The lowest BCUT2D eigenvalue weighted by Gasteiger charge is -2.41. The van der Waals surface area contributed by atoms with Gasteiger partial charge in [-0.3, -0.25) is 0 Å². The topological polar surface area (TPSA) is 20.2 Å². The normalized spacial score (nSPS) is 32.8. The van der Waals surface area contributed by atoms with Crippen molar-refractivity contribution in [3.8, 4) is 0 Å². The Morgan fingerprint density at radius 1 is 1.11 bits per heavy atom. The lowest BCUT2D eigenvalue weighted by Crippen LogP contribution is -2.39. The molecule has 1 nitrogen and oxygen atoms in total. The first-order valence-electron chi connectivity index (χ1n) is 7.26. The second-order valence-electron chi connectivity index (χ2n) is 6.49. The third-order valence-corrected chi connectivity index (χ3v) is 4.64. The van der Waals surface area contributed by atoms with Crippen LogP contribution in [0.3, 0.4) is 0 Å². The summed E-state index contributed by atoms with van der Waals surface area (Å²) in [6.45, 7) is 8.84. The van der Waals surface area contributed by atoms with Gasteiger partial charge < -0.3 is 5.11 Å². The molecule has 3 unspecified atom stereocenters. The SMILES string of the molecule is CC1CCC(C)C(O)(c2ccc(C(C)C)cc2)C1. The summed E-state index contributed by atoms with van der Waals surface area (Å²) in [5, 5.41) is 11.0. The number of hydrogen-bond acceptors (Lipinski definition) is 1. The molecule has 3 atom stereocenters. The average Bonchev–Trinajstić information content (AvgIpc) is 2.34.